The van der Waals surface area contributed by atoms with Crippen molar-refractivity contribution in [3.63, 3.8) is 0 Å². The molecule has 2 aromatic carbocycles. The third-order valence-corrected chi connectivity index (χ3v) is 3.81. The topological polar surface area (TPSA) is 15.6 Å². The summed E-state index contributed by atoms with van der Waals surface area (Å²) in [7, 11) is 4.14. The summed E-state index contributed by atoms with van der Waals surface area (Å²) in [6.07, 6.45) is 8.66. The molecule has 0 aliphatic heterocycles. The van der Waals surface area contributed by atoms with Crippen LogP contribution in [0.5, 0.6) is 0 Å². The van der Waals surface area contributed by atoms with E-state index in [2.05, 4.69) is 66.5 Å². The largest absolute Gasteiger partial charge is 0.378 e. The molecule has 0 heterocycles. The van der Waals surface area contributed by atoms with Gasteiger partial charge in [-0.1, -0.05) is 48.5 Å². The summed E-state index contributed by atoms with van der Waals surface area (Å²) >= 11 is 0. The zero-order chi connectivity index (χ0) is 15.4. The molecule has 0 saturated carbocycles. The Hall–Kier alpha value is -2.61. The first-order chi connectivity index (χ1) is 10.7. The Morgan fingerprint density at radius 3 is 2.41 bits per heavy atom. The van der Waals surface area contributed by atoms with E-state index < -0.39 is 0 Å². The Bertz CT molecular complexity index is 724. The predicted octanol–water partition coefficient (Wildman–Crippen LogP) is 4.54. The molecule has 110 valence electrons. The van der Waals surface area contributed by atoms with Crippen molar-refractivity contribution in [1.29, 1.82) is 0 Å². The van der Waals surface area contributed by atoms with Crippen LogP contribution in [0.1, 0.15) is 17.0 Å². The van der Waals surface area contributed by atoms with Crippen molar-refractivity contribution in [2.45, 2.75) is 5.92 Å². The maximum Gasteiger partial charge on any atom is 0.0629 e. The van der Waals surface area contributed by atoms with Crippen LogP contribution in [-0.4, -0.2) is 25.2 Å². The highest BCUT2D eigenvalue weighted by molar-refractivity contribution is 5.84. The van der Waals surface area contributed by atoms with Gasteiger partial charge in [0, 0.05) is 31.9 Å². The SMILES string of the molecule is CN(C)C1=CC(c2ccccc2C=Nc2ccccc2)C=C1. The lowest BCUT2D eigenvalue weighted by Gasteiger charge is -2.12. The van der Waals surface area contributed by atoms with Crippen molar-refractivity contribution in [2.24, 2.45) is 4.99 Å². The minimum Gasteiger partial charge on any atom is -0.378 e. The third kappa shape index (κ3) is 3.17. The van der Waals surface area contributed by atoms with Gasteiger partial charge in [-0.05, 0) is 35.4 Å². The minimum absolute atomic E-state index is 0.316. The molecule has 2 nitrogen and oxygen atoms in total. The normalized spacial score (nSPS) is 17.0. The Labute approximate surface area is 132 Å². The van der Waals surface area contributed by atoms with Crippen molar-refractivity contribution >= 4 is 11.9 Å². The van der Waals surface area contributed by atoms with Gasteiger partial charge in [-0.2, -0.15) is 0 Å². The molecular weight excluding hydrogens is 268 g/mol. The Balaban J connectivity index is 1.89. The fourth-order valence-electron chi connectivity index (χ4n) is 2.58. The van der Waals surface area contributed by atoms with Crippen LogP contribution in [-0.2, 0) is 0 Å². The maximum atomic E-state index is 4.58. The number of aliphatic imine (C=N–C) groups is 1. The molecule has 0 aromatic heterocycles. The third-order valence-electron chi connectivity index (χ3n) is 3.81. The number of para-hydroxylation sites is 1. The van der Waals surface area contributed by atoms with E-state index in [1.807, 2.05) is 36.5 Å². The van der Waals surface area contributed by atoms with E-state index in [-0.39, 0.29) is 0 Å². The second-order valence-corrected chi connectivity index (χ2v) is 5.59. The lowest BCUT2D eigenvalue weighted by atomic mass is 9.96. The van der Waals surface area contributed by atoms with Crippen molar-refractivity contribution in [3.8, 4) is 0 Å². The highest BCUT2D eigenvalue weighted by Gasteiger charge is 2.15. The zero-order valence-corrected chi connectivity index (χ0v) is 13.0. The van der Waals surface area contributed by atoms with Crippen molar-refractivity contribution < 1.29 is 0 Å². The van der Waals surface area contributed by atoms with E-state index in [0.29, 0.717) is 5.92 Å². The molecule has 22 heavy (non-hydrogen) atoms. The van der Waals surface area contributed by atoms with E-state index in [0.717, 1.165) is 11.3 Å². The van der Waals surface area contributed by atoms with E-state index >= 15 is 0 Å². The van der Waals surface area contributed by atoms with Gasteiger partial charge in [0.1, 0.15) is 0 Å². The average molecular weight is 288 g/mol. The molecule has 0 amide bonds. The average Bonchev–Trinajstić information content (AvgIpc) is 3.04. The first-order valence-corrected chi connectivity index (χ1v) is 7.49. The fraction of sp³-hybridized carbons (Fsp3) is 0.150. The maximum absolute atomic E-state index is 4.58. The molecule has 1 atom stereocenters. The number of allylic oxidation sites excluding steroid dienone is 3. The van der Waals surface area contributed by atoms with Gasteiger partial charge in [-0.25, -0.2) is 0 Å². The molecule has 2 aromatic rings. The highest BCUT2D eigenvalue weighted by atomic mass is 15.1. The molecule has 0 N–H and O–H groups in total. The first-order valence-electron chi connectivity index (χ1n) is 7.49. The van der Waals surface area contributed by atoms with Crippen LogP contribution in [0.3, 0.4) is 0 Å². The van der Waals surface area contributed by atoms with Crippen molar-refractivity contribution in [2.75, 3.05) is 14.1 Å². The van der Waals surface area contributed by atoms with Crippen LogP contribution in [0.25, 0.3) is 0 Å². The van der Waals surface area contributed by atoms with E-state index in [1.165, 1.54) is 11.3 Å². The van der Waals surface area contributed by atoms with Crippen LogP contribution < -0.4 is 0 Å². The van der Waals surface area contributed by atoms with Gasteiger partial charge >= 0.3 is 0 Å². The van der Waals surface area contributed by atoms with Gasteiger partial charge < -0.3 is 4.90 Å². The number of likely N-dealkylation sites (N-methyl/N-ethyl adjacent to an activating group) is 1. The van der Waals surface area contributed by atoms with Gasteiger partial charge in [0.15, 0.2) is 0 Å². The smallest absolute Gasteiger partial charge is 0.0629 e. The summed E-state index contributed by atoms with van der Waals surface area (Å²) in [6.45, 7) is 0. The number of benzene rings is 2. The summed E-state index contributed by atoms with van der Waals surface area (Å²) in [6, 6.07) is 18.5. The predicted molar refractivity (Wildman–Crippen MR) is 93.8 cm³/mol. The molecule has 1 aliphatic rings. The Morgan fingerprint density at radius 2 is 1.68 bits per heavy atom. The van der Waals surface area contributed by atoms with Crippen molar-refractivity contribution in [3.05, 3.63) is 89.6 Å². The second kappa shape index (κ2) is 6.44. The lowest BCUT2D eigenvalue weighted by molar-refractivity contribution is 0.530. The number of hydrogen-bond donors (Lipinski definition) is 0. The summed E-state index contributed by atoms with van der Waals surface area (Å²) in [4.78, 5) is 6.72. The van der Waals surface area contributed by atoms with Gasteiger partial charge in [-0.15, -0.1) is 0 Å². The summed E-state index contributed by atoms with van der Waals surface area (Å²) in [5.74, 6) is 0.316. The molecule has 0 fully saturated rings. The van der Waals surface area contributed by atoms with Crippen molar-refractivity contribution in [1.82, 2.24) is 4.90 Å². The second-order valence-electron chi connectivity index (χ2n) is 5.59. The quantitative estimate of drug-likeness (QED) is 0.754. The molecule has 1 aliphatic carbocycles. The summed E-state index contributed by atoms with van der Waals surface area (Å²) < 4.78 is 0. The zero-order valence-electron chi connectivity index (χ0n) is 13.0. The fourth-order valence-corrected chi connectivity index (χ4v) is 2.58. The molecular formula is C20H20N2. The van der Waals surface area contributed by atoms with E-state index in [1.54, 1.807) is 0 Å². The van der Waals surface area contributed by atoms with E-state index in [9.17, 15) is 0 Å². The lowest BCUT2D eigenvalue weighted by Crippen LogP contribution is -2.07. The number of rotatable bonds is 4. The Morgan fingerprint density at radius 1 is 0.955 bits per heavy atom. The summed E-state index contributed by atoms with van der Waals surface area (Å²) in [5, 5.41) is 0. The van der Waals surface area contributed by atoms with Gasteiger partial charge in [-0.3, -0.25) is 4.99 Å². The number of nitrogens with zero attached hydrogens (tertiary/aromatic N) is 2. The van der Waals surface area contributed by atoms with Crippen LogP contribution in [0.2, 0.25) is 0 Å². The minimum atomic E-state index is 0.316. The summed E-state index contributed by atoms with van der Waals surface area (Å²) in [5.41, 5.74) is 4.68. The van der Waals surface area contributed by atoms with Gasteiger partial charge in [0.25, 0.3) is 0 Å². The van der Waals surface area contributed by atoms with Gasteiger partial charge in [0.05, 0.1) is 5.69 Å². The standard InChI is InChI=1S/C20H20N2/c1-22(2)19-13-12-16(14-19)20-11-7-6-8-17(20)15-21-18-9-4-3-5-10-18/h3-16H,1-2H3. The van der Waals surface area contributed by atoms with Crippen LogP contribution >= 0.6 is 0 Å². The highest BCUT2D eigenvalue weighted by Crippen LogP contribution is 2.29. The monoisotopic (exact) mass is 288 g/mol. The van der Waals surface area contributed by atoms with E-state index in [4.69, 9.17) is 0 Å². The molecule has 2 heteroatoms. The van der Waals surface area contributed by atoms with Gasteiger partial charge in [0.2, 0.25) is 0 Å². The van der Waals surface area contributed by atoms with Crippen LogP contribution in [0.15, 0.2) is 83.5 Å². The molecule has 0 saturated heterocycles. The Kier molecular flexibility index (Phi) is 4.19. The van der Waals surface area contributed by atoms with Crippen LogP contribution in [0.4, 0.5) is 5.69 Å². The van der Waals surface area contributed by atoms with Crippen LogP contribution in [0, 0.1) is 0 Å². The molecule has 0 radical (unpaired) electrons. The molecule has 0 spiro atoms. The molecule has 3 rings (SSSR count). The first kappa shape index (κ1) is 14.3. The molecule has 0 bridgehead atoms. The molecule has 1 unspecified atom stereocenters. The number of hydrogen-bond acceptors (Lipinski definition) is 2.